The summed E-state index contributed by atoms with van der Waals surface area (Å²) < 4.78 is 14.3. The van der Waals surface area contributed by atoms with Crippen molar-refractivity contribution in [3.63, 3.8) is 0 Å². The molecule has 0 fully saturated rings. The van der Waals surface area contributed by atoms with E-state index in [1.54, 1.807) is 6.07 Å². The lowest BCUT2D eigenvalue weighted by Crippen LogP contribution is -2.27. The van der Waals surface area contributed by atoms with Crippen molar-refractivity contribution in [3.8, 4) is 6.07 Å². The lowest BCUT2D eigenvalue weighted by Gasteiger charge is -2.02. The van der Waals surface area contributed by atoms with Gasteiger partial charge in [-0.3, -0.25) is 0 Å². The van der Waals surface area contributed by atoms with Gasteiger partial charge in [0.2, 0.25) is 0 Å². The van der Waals surface area contributed by atoms with Crippen LogP contribution in [0.1, 0.15) is 11.1 Å². The van der Waals surface area contributed by atoms with Crippen molar-refractivity contribution in [3.05, 3.63) is 56.1 Å². The van der Waals surface area contributed by atoms with Crippen LogP contribution < -0.4 is 11.4 Å². The summed E-state index contributed by atoms with van der Waals surface area (Å²) in [5, 5.41) is 12.8. The number of halogens is 1. The summed E-state index contributed by atoms with van der Waals surface area (Å²) in [5.74, 6) is -0.628. The number of nitrogens with one attached hydrogen (secondary N) is 2. The Hall–Kier alpha value is -2.62. The molecule has 1 aromatic heterocycles. The van der Waals surface area contributed by atoms with Crippen LogP contribution in [0.2, 0.25) is 0 Å². The highest BCUT2D eigenvalue weighted by Gasteiger charge is 2.08. The van der Waals surface area contributed by atoms with E-state index in [1.165, 1.54) is 12.1 Å². The first-order chi connectivity index (χ1) is 8.11. The maximum atomic E-state index is 13.5. The highest BCUT2D eigenvalue weighted by molar-refractivity contribution is 5.32. The van der Waals surface area contributed by atoms with Crippen LogP contribution in [-0.2, 0) is 6.54 Å². The Morgan fingerprint density at radius 2 is 1.94 bits per heavy atom. The van der Waals surface area contributed by atoms with Gasteiger partial charge in [-0.15, -0.1) is 0 Å². The fraction of sp³-hybridized carbons (Fsp3) is 0.100. The number of aromatic nitrogens is 3. The van der Waals surface area contributed by atoms with E-state index in [0.717, 1.165) is 10.6 Å². The number of nitrogens with zero attached hydrogens (tertiary/aromatic N) is 2. The van der Waals surface area contributed by atoms with Crippen LogP contribution in [0.25, 0.3) is 0 Å². The van der Waals surface area contributed by atoms with E-state index >= 15 is 0 Å². The summed E-state index contributed by atoms with van der Waals surface area (Å²) in [6, 6.07) is 5.64. The van der Waals surface area contributed by atoms with Gasteiger partial charge in [0, 0.05) is 5.56 Å². The van der Waals surface area contributed by atoms with Gasteiger partial charge in [0.1, 0.15) is 5.82 Å². The number of rotatable bonds is 2. The third-order valence-electron chi connectivity index (χ3n) is 2.28. The van der Waals surface area contributed by atoms with Crippen molar-refractivity contribution in [1.82, 2.24) is 14.8 Å². The van der Waals surface area contributed by atoms with E-state index in [-0.39, 0.29) is 17.7 Å². The highest BCUT2D eigenvalue weighted by atomic mass is 19.1. The molecule has 0 bridgehead atoms. The van der Waals surface area contributed by atoms with E-state index in [2.05, 4.69) is 10.2 Å². The fourth-order valence-electron chi connectivity index (χ4n) is 1.39. The van der Waals surface area contributed by atoms with Crippen molar-refractivity contribution in [2.24, 2.45) is 0 Å². The first-order valence-corrected chi connectivity index (χ1v) is 4.68. The molecule has 2 N–H and O–H groups in total. The molecule has 1 aromatic carbocycles. The number of hydrogen-bond acceptors (Lipinski definition) is 3. The highest BCUT2D eigenvalue weighted by Crippen LogP contribution is 2.10. The Labute approximate surface area is 93.9 Å². The van der Waals surface area contributed by atoms with Crippen LogP contribution in [0.3, 0.4) is 0 Å². The minimum absolute atomic E-state index is 0.163. The van der Waals surface area contributed by atoms with Crippen LogP contribution in [0, 0.1) is 17.1 Å². The molecule has 2 rings (SSSR count). The molecule has 7 heteroatoms. The topological polar surface area (TPSA) is 94.4 Å². The molecular weight excluding hydrogens is 227 g/mol. The monoisotopic (exact) mass is 234 g/mol. The van der Waals surface area contributed by atoms with E-state index < -0.39 is 17.2 Å². The van der Waals surface area contributed by atoms with Gasteiger partial charge in [0.15, 0.2) is 0 Å². The lowest BCUT2D eigenvalue weighted by atomic mass is 10.1. The molecule has 17 heavy (non-hydrogen) atoms. The van der Waals surface area contributed by atoms with Gasteiger partial charge in [0.25, 0.3) is 0 Å². The van der Waals surface area contributed by atoms with Gasteiger partial charge >= 0.3 is 11.4 Å². The quantitative estimate of drug-likeness (QED) is 0.761. The van der Waals surface area contributed by atoms with Crippen LogP contribution in [0.5, 0.6) is 0 Å². The second kappa shape index (κ2) is 4.09. The molecule has 0 saturated carbocycles. The lowest BCUT2D eigenvalue weighted by molar-refractivity contribution is 0.593. The zero-order valence-electron chi connectivity index (χ0n) is 8.53. The molecule has 0 saturated heterocycles. The van der Waals surface area contributed by atoms with Gasteiger partial charge in [-0.2, -0.15) is 5.26 Å². The van der Waals surface area contributed by atoms with Crippen LogP contribution in [0.4, 0.5) is 4.39 Å². The zero-order valence-corrected chi connectivity index (χ0v) is 8.53. The Morgan fingerprint density at radius 3 is 2.47 bits per heavy atom. The molecule has 1 heterocycles. The molecule has 0 spiro atoms. The fourth-order valence-corrected chi connectivity index (χ4v) is 1.39. The third-order valence-corrected chi connectivity index (χ3v) is 2.28. The second-order valence-corrected chi connectivity index (χ2v) is 3.36. The van der Waals surface area contributed by atoms with Crippen LogP contribution >= 0.6 is 0 Å². The van der Waals surface area contributed by atoms with Gasteiger partial charge in [-0.25, -0.2) is 28.7 Å². The maximum absolute atomic E-state index is 13.5. The number of aromatic amines is 2. The molecule has 0 aliphatic rings. The number of benzene rings is 1. The van der Waals surface area contributed by atoms with Gasteiger partial charge in [-0.1, -0.05) is 6.07 Å². The van der Waals surface area contributed by atoms with Gasteiger partial charge in [-0.05, 0) is 12.1 Å². The van der Waals surface area contributed by atoms with Crippen LogP contribution in [-0.4, -0.2) is 14.8 Å². The summed E-state index contributed by atoms with van der Waals surface area (Å²) in [7, 11) is 0. The summed E-state index contributed by atoms with van der Waals surface area (Å²) in [4.78, 5) is 22.4. The van der Waals surface area contributed by atoms with E-state index in [0.29, 0.717) is 0 Å². The summed E-state index contributed by atoms with van der Waals surface area (Å²) >= 11 is 0. The standard InChI is InChI=1S/C10H7FN4O2/c11-8-3-6(4-12)1-2-7(8)5-15-9(16)13-14-10(15)17/h1-3H,5H2,(H,13,16)(H,14,17). The molecule has 0 aliphatic heterocycles. The Balaban J connectivity index is 2.41. The van der Waals surface area contributed by atoms with Crippen molar-refractivity contribution in [2.75, 3.05) is 0 Å². The Kier molecular flexibility index (Phi) is 2.62. The minimum atomic E-state index is -0.640. The van der Waals surface area contributed by atoms with Gasteiger partial charge < -0.3 is 0 Å². The van der Waals surface area contributed by atoms with Crippen molar-refractivity contribution in [1.29, 1.82) is 5.26 Å². The average molecular weight is 234 g/mol. The molecule has 0 unspecified atom stereocenters. The van der Waals surface area contributed by atoms with Gasteiger partial charge in [0.05, 0.1) is 18.2 Å². The summed E-state index contributed by atoms with van der Waals surface area (Å²) in [6.45, 7) is -0.185. The van der Waals surface area contributed by atoms with Crippen molar-refractivity contribution in [2.45, 2.75) is 6.54 Å². The Morgan fingerprint density at radius 1 is 1.29 bits per heavy atom. The molecule has 0 aliphatic carbocycles. The van der Waals surface area contributed by atoms with E-state index in [4.69, 9.17) is 5.26 Å². The third kappa shape index (κ3) is 2.01. The second-order valence-electron chi connectivity index (χ2n) is 3.36. The van der Waals surface area contributed by atoms with Crippen LogP contribution in [0.15, 0.2) is 27.8 Å². The smallest absolute Gasteiger partial charge is 0.247 e. The first kappa shape index (κ1) is 10.9. The molecule has 86 valence electrons. The predicted octanol–water partition coefficient (Wildman–Crippen LogP) is -0.0762. The maximum Gasteiger partial charge on any atom is 0.344 e. The van der Waals surface area contributed by atoms with Crippen molar-refractivity contribution < 1.29 is 4.39 Å². The van der Waals surface area contributed by atoms with Crippen molar-refractivity contribution >= 4 is 0 Å². The Bertz CT molecular complexity index is 677. The normalized spacial score (nSPS) is 10.1. The number of hydrogen-bond donors (Lipinski definition) is 2. The SMILES string of the molecule is N#Cc1ccc(Cn2c(=O)[nH][nH]c2=O)c(F)c1. The number of nitriles is 1. The average Bonchev–Trinajstić information content (AvgIpc) is 2.63. The van der Waals surface area contributed by atoms with E-state index in [1.807, 2.05) is 0 Å². The number of H-pyrrole nitrogens is 2. The molecule has 0 atom stereocenters. The summed E-state index contributed by atoms with van der Waals surface area (Å²) in [5.41, 5.74) is -0.935. The molecule has 0 amide bonds. The molecule has 2 aromatic rings. The molecular formula is C10H7FN4O2. The summed E-state index contributed by atoms with van der Waals surface area (Å²) in [6.07, 6.45) is 0. The molecule has 0 radical (unpaired) electrons. The minimum Gasteiger partial charge on any atom is -0.247 e. The van der Waals surface area contributed by atoms with E-state index in [9.17, 15) is 14.0 Å². The largest absolute Gasteiger partial charge is 0.344 e. The predicted molar refractivity (Wildman–Crippen MR) is 55.9 cm³/mol. The molecule has 6 nitrogen and oxygen atoms in total. The zero-order chi connectivity index (χ0) is 12.4. The first-order valence-electron chi connectivity index (χ1n) is 4.68.